The number of hydrogen-bond donors (Lipinski definition) is 1. The maximum absolute atomic E-state index is 10.4. The quantitative estimate of drug-likeness (QED) is 0.541. The highest BCUT2D eigenvalue weighted by Gasteiger charge is 2.24. The molecule has 1 atom stereocenters. The van der Waals surface area contributed by atoms with Crippen molar-refractivity contribution in [1.82, 2.24) is 0 Å². The molecule has 64 valence electrons. The van der Waals surface area contributed by atoms with Gasteiger partial charge in [0, 0.05) is 6.42 Å². The topological polar surface area (TPSA) is 33.9 Å². The van der Waals surface area contributed by atoms with Crippen molar-refractivity contribution in [3.8, 4) is 0 Å². The average molecular weight is 165 g/mol. The minimum atomic E-state index is 0.613. The van der Waals surface area contributed by atoms with Crippen molar-refractivity contribution in [2.24, 2.45) is 4.99 Å². The summed E-state index contributed by atoms with van der Waals surface area (Å²) >= 11 is 0. The Hall–Kier alpha value is -0.960. The predicted molar refractivity (Wildman–Crippen MR) is 45.9 cm³/mol. The molecule has 2 heterocycles. The summed E-state index contributed by atoms with van der Waals surface area (Å²) in [6, 6.07) is 0. The van der Waals surface area contributed by atoms with Gasteiger partial charge in [-0.3, -0.25) is 9.69 Å². The molecule has 0 bridgehead atoms. The minimum Gasteiger partial charge on any atom is -0.296 e. The maximum atomic E-state index is 10.4. The molecule has 0 aromatic rings. The lowest BCUT2D eigenvalue weighted by molar-refractivity contribution is -0.745. The van der Waals surface area contributed by atoms with Crippen LogP contribution in [-0.4, -0.2) is 18.7 Å². The van der Waals surface area contributed by atoms with Crippen LogP contribution in [0.4, 0.5) is 0 Å². The Balaban J connectivity index is 2.17. The van der Waals surface area contributed by atoms with Crippen molar-refractivity contribution in [2.75, 3.05) is 6.54 Å². The third-order valence-electron chi connectivity index (χ3n) is 2.44. The molecule has 2 aliphatic heterocycles. The predicted octanol–water partition coefficient (Wildman–Crippen LogP) is -0.102. The largest absolute Gasteiger partial charge is 0.296 e. The zero-order valence-electron chi connectivity index (χ0n) is 7.05. The van der Waals surface area contributed by atoms with E-state index in [1.807, 2.05) is 6.20 Å². The van der Waals surface area contributed by atoms with Gasteiger partial charge in [-0.1, -0.05) is 0 Å². The summed E-state index contributed by atoms with van der Waals surface area (Å²) in [5.74, 6) is 1.16. The molecule has 0 saturated carbocycles. The molecule has 3 nitrogen and oxygen atoms in total. The van der Waals surface area contributed by atoms with Gasteiger partial charge in [-0.2, -0.15) is 4.99 Å². The fourth-order valence-electron chi connectivity index (χ4n) is 1.80. The van der Waals surface area contributed by atoms with Crippen LogP contribution in [-0.2, 0) is 4.79 Å². The smallest absolute Gasteiger partial charge is 0.206 e. The Labute approximate surface area is 71.8 Å². The number of aldehydes is 1. The van der Waals surface area contributed by atoms with Crippen LogP contribution >= 0.6 is 0 Å². The van der Waals surface area contributed by atoms with Gasteiger partial charge in [0.1, 0.15) is 6.20 Å². The van der Waals surface area contributed by atoms with Crippen molar-refractivity contribution in [1.29, 1.82) is 0 Å². The summed E-state index contributed by atoms with van der Waals surface area (Å²) in [6.07, 6.45) is 7.61. The summed E-state index contributed by atoms with van der Waals surface area (Å²) < 4.78 is 0. The Morgan fingerprint density at radius 3 is 3.17 bits per heavy atom. The molecule has 0 spiro atoms. The van der Waals surface area contributed by atoms with E-state index < -0.39 is 0 Å². The highest BCUT2D eigenvalue weighted by molar-refractivity contribution is 5.84. The van der Waals surface area contributed by atoms with Crippen LogP contribution in [0.1, 0.15) is 25.7 Å². The molecular formula is C9H13N2O+. The van der Waals surface area contributed by atoms with Gasteiger partial charge in [-0.05, 0) is 19.3 Å². The number of quaternary nitrogens is 1. The van der Waals surface area contributed by atoms with E-state index >= 15 is 0 Å². The van der Waals surface area contributed by atoms with Gasteiger partial charge in [0.2, 0.25) is 5.84 Å². The van der Waals surface area contributed by atoms with Crippen molar-refractivity contribution >= 4 is 12.1 Å². The van der Waals surface area contributed by atoms with Gasteiger partial charge in [0.05, 0.1) is 6.54 Å². The first kappa shape index (κ1) is 7.68. The van der Waals surface area contributed by atoms with Crippen molar-refractivity contribution in [2.45, 2.75) is 25.7 Å². The number of amidine groups is 1. The first-order valence-corrected chi connectivity index (χ1v) is 4.51. The Morgan fingerprint density at radius 2 is 2.33 bits per heavy atom. The van der Waals surface area contributed by atoms with E-state index in [0.29, 0.717) is 5.70 Å². The van der Waals surface area contributed by atoms with Crippen molar-refractivity contribution < 1.29 is 9.69 Å². The lowest BCUT2D eigenvalue weighted by Crippen LogP contribution is -3.09. The first-order chi connectivity index (χ1) is 5.90. The molecule has 1 N–H and O–H groups in total. The van der Waals surface area contributed by atoms with Gasteiger partial charge in [-0.25, -0.2) is 0 Å². The summed E-state index contributed by atoms with van der Waals surface area (Å²) in [7, 11) is 0. The monoisotopic (exact) mass is 165 g/mol. The van der Waals surface area contributed by atoms with Crippen LogP contribution in [0.25, 0.3) is 0 Å². The highest BCUT2D eigenvalue weighted by Crippen LogP contribution is 2.06. The molecule has 0 aromatic carbocycles. The third kappa shape index (κ3) is 1.32. The van der Waals surface area contributed by atoms with Crippen LogP contribution in [0.5, 0.6) is 0 Å². The van der Waals surface area contributed by atoms with Gasteiger partial charge in [0.15, 0.2) is 12.0 Å². The molecule has 1 saturated heterocycles. The van der Waals surface area contributed by atoms with E-state index in [0.717, 1.165) is 25.1 Å². The molecule has 0 aliphatic carbocycles. The van der Waals surface area contributed by atoms with Crippen LogP contribution in [0.15, 0.2) is 16.9 Å². The van der Waals surface area contributed by atoms with E-state index in [4.69, 9.17) is 0 Å². The number of hydrogen-bond acceptors (Lipinski definition) is 2. The number of allylic oxidation sites excluding steroid dienone is 1. The Morgan fingerprint density at radius 1 is 1.42 bits per heavy atom. The van der Waals surface area contributed by atoms with Crippen LogP contribution < -0.4 is 4.90 Å². The van der Waals surface area contributed by atoms with Gasteiger partial charge in [-0.15, -0.1) is 0 Å². The van der Waals surface area contributed by atoms with Crippen molar-refractivity contribution in [3.63, 3.8) is 0 Å². The molecular weight excluding hydrogens is 152 g/mol. The number of fused-ring (bicyclic) bond motifs is 1. The lowest BCUT2D eigenvalue weighted by atomic mass is 10.2. The second-order valence-electron chi connectivity index (χ2n) is 3.33. The standard InChI is InChI=1S/C9H12N2O/c12-7-8-6-11-5-3-1-2-4-9(11)10-8/h6-7H,1-5H2/p+1. The molecule has 2 rings (SSSR count). The molecule has 0 amide bonds. The molecule has 0 aromatic heterocycles. The fraction of sp³-hybridized carbons (Fsp3) is 0.556. The number of rotatable bonds is 1. The van der Waals surface area contributed by atoms with E-state index in [1.165, 1.54) is 24.2 Å². The average Bonchev–Trinajstić information content (AvgIpc) is 2.37. The van der Waals surface area contributed by atoms with Crippen molar-refractivity contribution in [3.05, 3.63) is 11.9 Å². The summed E-state index contributed by atoms with van der Waals surface area (Å²) in [5.41, 5.74) is 0.613. The van der Waals surface area contributed by atoms with Gasteiger partial charge < -0.3 is 0 Å². The Bertz CT molecular complexity index is 255. The Kier molecular flexibility index (Phi) is 2.04. The maximum Gasteiger partial charge on any atom is 0.206 e. The minimum absolute atomic E-state index is 0.613. The van der Waals surface area contributed by atoms with E-state index in [-0.39, 0.29) is 0 Å². The van der Waals surface area contributed by atoms with Crippen LogP contribution in [0, 0.1) is 0 Å². The molecule has 2 aliphatic rings. The molecule has 0 radical (unpaired) electrons. The SMILES string of the molecule is O=CC1=C[NH+]2CCCCCC2=N1. The van der Waals surface area contributed by atoms with E-state index in [9.17, 15) is 4.79 Å². The van der Waals surface area contributed by atoms with Crippen LogP contribution in [0.2, 0.25) is 0 Å². The van der Waals surface area contributed by atoms with Gasteiger partial charge in [0.25, 0.3) is 0 Å². The number of carbonyl (C=O) groups is 1. The third-order valence-corrected chi connectivity index (χ3v) is 2.44. The van der Waals surface area contributed by atoms with E-state index in [1.54, 1.807) is 0 Å². The van der Waals surface area contributed by atoms with Gasteiger partial charge >= 0.3 is 0 Å². The molecule has 12 heavy (non-hydrogen) atoms. The number of nitrogens with one attached hydrogen (secondary N) is 1. The van der Waals surface area contributed by atoms with Crippen LogP contribution in [0.3, 0.4) is 0 Å². The highest BCUT2D eigenvalue weighted by atomic mass is 16.1. The zero-order valence-corrected chi connectivity index (χ0v) is 7.05. The molecule has 3 heteroatoms. The second kappa shape index (κ2) is 3.19. The second-order valence-corrected chi connectivity index (χ2v) is 3.33. The zero-order chi connectivity index (χ0) is 8.39. The summed E-state index contributed by atoms with van der Waals surface area (Å²) in [6.45, 7) is 1.11. The first-order valence-electron chi connectivity index (χ1n) is 4.51. The lowest BCUT2D eigenvalue weighted by Gasteiger charge is -2.06. The van der Waals surface area contributed by atoms with E-state index in [2.05, 4.69) is 4.99 Å². The summed E-state index contributed by atoms with van der Waals surface area (Å²) in [5, 5.41) is 0. The number of aliphatic imine (C=N–C) groups is 1. The number of nitrogens with zero attached hydrogens (tertiary/aromatic N) is 1. The molecule has 1 unspecified atom stereocenters. The number of carbonyl (C=O) groups excluding carboxylic acids is 1. The fourth-order valence-corrected chi connectivity index (χ4v) is 1.80. The normalized spacial score (nSPS) is 28.5. The summed E-state index contributed by atoms with van der Waals surface area (Å²) in [4.78, 5) is 16.0. The molecule has 1 fully saturated rings.